The molecule has 148 valence electrons. The summed E-state index contributed by atoms with van der Waals surface area (Å²) in [6, 6.07) is 4.93. The van der Waals surface area contributed by atoms with Crippen molar-refractivity contribution in [1.29, 1.82) is 0 Å². The molecule has 1 atom stereocenters. The number of benzene rings is 1. The third-order valence-electron chi connectivity index (χ3n) is 4.41. The zero-order chi connectivity index (χ0) is 19.8. The number of halogens is 3. The Kier molecular flexibility index (Phi) is 5.16. The highest BCUT2D eigenvalue weighted by molar-refractivity contribution is 7.87. The van der Waals surface area contributed by atoms with E-state index in [1.165, 1.54) is 6.07 Å². The molecule has 5 nitrogen and oxygen atoms in total. The van der Waals surface area contributed by atoms with Gasteiger partial charge in [-0.25, -0.2) is 0 Å². The van der Waals surface area contributed by atoms with Crippen molar-refractivity contribution in [1.82, 2.24) is 0 Å². The van der Waals surface area contributed by atoms with Crippen LogP contribution >= 0.6 is 0 Å². The Labute approximate surface area is 155 Å². The molecule has 2 aliphatic rings. The second kappa shape index (κ2) is 7.10. The van der Waals surface area contributed by atoms with Crippen LogP contribution < -0.4 is 9.47 Å². The number of rotatable bonds is 6. The van der Waals surface area contributed by atoms with Crippen LogP contribution in [0.15, 0.2) is 41.9 Å². The van der Waals surface area contributed by atoms with Gasteiger partial charge in [-0.2, -0.15) is 21.6 Å². The summed E-state index contributed by atoms with van der Waals surface area (Å²) in [5, 5.41) is 0. The Morgan fingerprint density at radius 2 is 2.07 bits per heavy atom. The standard InChI is InChI=1S/C18H19F3O5S/c1-3-4-7-24-12-5-6-16-14(10-12)13-8-11(2)9-15(13)17(25-16)26-27(22,23)18(19,20)21/h5-6,10,13H,2-4,7-9H2,1H3/t13-/m0/s1. The Morgan fingerprint density at radius 3 is 2.74 bits per heavy atom. The zero-order valence-electron chi connectivity index (χ0n) is 14.6. The first-order chi connectivity index (χ1) is 12.6. The predicted octanol–water partition coefficient (Wildman–Crippen LogP) is 4.77. The molecular weight excluding hydrogens is 385 g/mol. The Morgan fingerprint density at radius 1 is 1.33 bits per heavy atom. The average Bonchev–Trinajstić information content (AvgIpc) is 2.96. The minimum absolute atomic E-state index is 0.216. The summed E-state index contributed by atoms with van der Waals surface area (Å²) in [4.78, 5) is 0. The summed E-state index contributed by atoms with van der Waals surface area (Å²) in [7, 11) is -5.82. The molecule has 0 aromatic heterocycles. The fourth-order valence-corrected chi connectivity index (χ4v) is 3.52. The van der Waals surface area contributed by atoms with Crippen molar-refractivity contribution in [2.75, 3.05) is 6.61 Å². The largest absolute Gasteiger partial charge is 0.534 e. The Bertz CT molecular complexity index is 887. The number of allylic oxidation sites excluding steroid dienone is 2. The lowest BCUT2D eigenvalue weighted by Crippen LogP contribution is -2.28. The molecule has 3 rings (SSSR count). The van der Waals surface area contributed by atoms with Crippen LogP contribution in [0, 0.1) is 0 Å². The van der Waals surface area contributed by atoms with Gasteiger partial charge < -0.3 is 13.7 Å². The smallest absolute Gasteiger partial charge is 0.494 e. The zero-order valence-corrected chi connectivity index (χ0v) is 15.5. The number of fused-ring (bicyclic) bond motifs is 3. The highest BCUT2D eigenvalue weighted by atomic mass is 32.2. The van der Waals surface area contributed by atoms with Crippen LogP contribution in [0.1, 0.15) is 44.1 Å². The third kappa shape index (κ3) is 3.92. The van der Waals surface area contributed by atoms with Crippen molar-refractivity contribution < 1.29 is 35.2 Å². The highest BCUT2D eigenvalue weighted by Gasteiger charge is 2.50. The molecule has 1 heterocycles. The molecule has 0 radical (unpaired) electrons. The lowest BCUT2D eigenvalue weighted by Gasteiger charge is -2.26. The van der Waals surface area contributed by atoms with Crippen molar-refractivity contribution in [2.24, 2.45) is 0 Å². The minimum atomic E-state index is -5.82. The van der Waals surface area contributed by atoms with E-state index in [1.807, 2.05) is 6.92 Å². The van der Waals surface area contributed by atoms with Crippen molar-refractivity contribution >= 4 is 10.1 Å². The molecule has 0 unspecified atom stereocenters. The van der Waals surface area contributed by atoms with Gasteiger partial charge in [-0.05, 0) is 37.5 Å². The molecule has 1 aromatic rings. The van der Waals surface area contributed by atoms with Gasteiger partial charge in [0.15, 0.2) is 0 Å². The van der Waals surface area contributed by atoms with Gasteiger partial charge in [0, 0.05) is 17.1 Å². The van der Waals surface area contributed by atoms with Crippen molar-refractivity contribution in [3.8, 4) is 11.5 Å². The molecular formula is C18H19F3O5S. The van der Waals surface area contributed by atoms with Crippen LogP contribution in [0.2, 0.25) is 0 Å². The molecule has 27 heavy (non-hydrogen) atoms. The lowest BCUT2D eigenvalue weighted by molar-refractivity contribution is -0.0544. The fourth-order valence-electron chi connectivity index (χ4n) is 3.09. The maximum atomic E-state index is 12.7. The van der Waals surface area contributed by atoms with Gasteiger partial charge in [0.05, 0.1) is 6.61 Å². The average molecular weight is 404 g/mol. The van der Waals surface area contributed by atoms with E-state index in [0.29, 0.717) is 24.4 Å². The Balaban J connectivity index is 1.93. The quantitative estimate of drug-likeness (QED) is 0.296. The Hall–Kier alpha value is -2.16. The number of alkyl halides is 3. The molecule has 1 fully saturated rings. The van der Waals surface area contributed by atoms with Gasteiger partial charge in [-0.3, -0.25) is 0 Å². The molecule has 0 saturated heterocycles. The molecule has 1 saturated carbocycles. The summed E-state index contributed by atoms with van der Waals surface area (Å²) in [5.74, 6) is -0.124. The van der Waals surface area contributed by atoms with Crippen LogP contribution in [-0.2, 0) is 14.3 Å². The molecule has 1 aliphatic carbocycles. The molecule has 1 aromatic carbocycles. The van der Waals surface area contributed by atoms with E-state index in [9.17, 15) is 21.6 Å². The second-order valence-electron chi connectivity index (χ2n) is 6.48. The first-order valence-corrected chi connectivity index (χ1v) is 9.88. The van der Waals surface area contributed by atoms with Crippen molar-refractivity contribution in [3.63, 3.8) is 0 Å². The molecule has 1 aliphatic heterocycles. The summed E-state index contributed by atoms with van der Waals surface area (Å²) in [5.41, 5.74) is -3.72. The fraction of sp³-hybridized carbons (Fsp3) is 0.444. The van der Waals surface area contributed by atoms with Crippen LogP contribution in [0.5, 0.6) is 11.5 Å². The van der Waals surface area contributed by atoms with Gasteiger partial charge in [-0.1, -0.05) is 25.5 Å². The van der Waals surface area contributed by atoms with Crippen LogP contribution in [0.25, 0.3) is 0 Å². The van der Waals surface area contributed by atoms with Gasteiger partial charge in [0.25, 0.3) is 0 Å². The van der Waals surface area contributed by atoms with E-state index in [4.69, 9.17) is 9.47 Å². The van der Waals surface area contributed by atoms with E-state index in [2.05, 4.69) is 10.8 Å². The first-order valence-electron chi connectivity index (χ1n) is 8.47. The van der Waals surface area contributed by atoms with Gasteiger partial charge >= 0.3 is 21.6 Å². The van der Waals surface area contributed by atoms with E-state index < -0.39 is 21.6 Å². The number of ether oxygens (including phenoxy) is 2. The number of hydrogen-bond acceptors (Lipinski definition) is 5. The van der Waals surface area contributed by atoms with Crippen LogP contribution in [0.4, 0.5) is 13.2 Å². The van der Waals surface area contributed by atoms with E-state index in [-0.39, 0.29) is 18.1 Å². The van der Waals surface area contributed by atoms with Crippen LogP contribution in [-0.4, -0.2) is 20.5 Å². The van der Waals surface area contributed by atoms with Crippen molar-refractivity contribution in [3.05, 3.63) is 47.4 Å². The number of hydrogen-bond donors (Lipinski definition) is 0. The third-order valence-corrected chi connectivity index (χ3v) is 5.35. The normalized spacial score (nSPS) is 19.4. The predicted molar refractivity (Wildman–Crippen MR) is 91.7 cm³/mol. The van der Waals surface area contributed by atoms with Gasteiger partial charge in [0.2, 0.25) is 0 Å². The molecule has 0 N–H and O–H groups in total. The molecule has 0 spiro atoms. The maximum absolute atomic E-state index is 12.7. The number of unbranched alkanes of at least 4 members (excludes halogenated alkanes) is 1. The molecule has 9 heteroatoms. The molecule has 0 bridgehead atoms. The lowest BCUT2D eigenvalue weighted by atomic mass is 9.91. The minimum Gasteiger partial charge on any atom is -0.494 e. The van der Waals surface area contributed by atoms with Crippen LogP contribution in [0.3, 0.4) is 0 Å². The van der Waals surface area contributed by atoms with E-state index in [0.717, 1.165) is 24.0 Å². The van der Waals surface area contributed by atoms with E-state index >= 15 is 0 Å². The van der Waals surface area contributed by atoms with E-state index in [1.54, 1.807) is 12.1 Å². The second-order valence-corrected chi connectivity index (χ2v) is 8.02. The summed E-state index contributed by atoms with van der Waals surface area (Å²) in [6.07, 6.45) is 2.57. The molecule has 0 amide bonds. The topological polar surface area (TPSA) is 61.8 Å². The monoisotopic (exact) mass is 404 g/mol. The first kappa shape index (κ1) is 19.6. The summed E-state index contributed by atoms with van der Waals surface area (Å²) >= 11 is 0. The van der Waals surface area contributed by atoms with Gasteiger partial charge in [0.1, 0.15) is 11.5 Å². The van der Waals surface area contributed by atoms with Crippen molar-refractivity contribution in [2.45, 2.75) is 44.0 Å². The summed E-state index contributed by atoms with van der Waals surface area (Å²) in [6.45, 7) is 6.46. The maximum Gasteiger partial charge on any atom is 0.534 e. The summed E-state index contributed by atoms with van der Waals surface area (Å²) < 4.78 is 76.2. The van der Waals surface area contributed by atoms with Gasteiger partial charge in [-0.15, -0.1) is 0 Å². The highest BCUT2D eigenvalue weighted by Crippen LogP contribution is 2.51. The SMILES string of the molecule is C=C1CC2=C(OS(=O)(=O)C(F)(F)F)Oc3ccc(OCCCC)cc3[C@@H]2C1.